The van der Waals surface area contributed by atoms with Crippen LogP contribution in [0.5, 0.6) is 0 Å². The van der Waals surface area contributed by atoms with E-state index in [4.69, 9.17) is 0 Å². The van der Waals surface area contributed by atoms with E-state index in [2.05, 4.69) is 25.9 Å². The molecule has 4 rings (SSSR count). The average Bonchev–Trinajstić information content (AvgIpc) is 3.39. The van der Waals surface area contributed by atoms with Gasteiger partial charge in [-0.3, -0.25) is 4.79 Å². The third-order valence-corrected chi connectivity index (χ3v) is 6.52. The number of nitrogens with one attached hydrogen (secondary N) is 3. The first-order valence-corrected chi connectivity index (χ1v) is 11.7. The largest absolute Gasteiger partial charge is 0.387 e. The summed E-state index contributed by atoms with van der Waals surface area (Å²) in [7, 11) is 0. The first kappa shape index (κ1) is 23.3. The Bertz CT molecular complexity index is 1130. The van der Waals surface area contributed by atoms with E-state index in [1.54, 1.807) is 11.6 Å². The molecule has 0 aliphatic heterocycles. The number of rotatable bonds is 8. The maximum absolute atomic E-state index is 14.3. The Hall–Kier alpha value is -2.85. The lowest BCUT2D eigenvalue weighted by molar-refractivity contribution is -0.00177. The highest BCUT2D eigenvalue weighted by atomic mass is 32.1. The van der Waals surface area contributed by atoms with E-state index < -0.39 is 29.9 Å². The fourth-order valence-electron chi connectivity index (χ4n) is 3.71. The van der Waals surface area contributed by atoms with Gasteiger partial charge in [-0.15, -0.1) is 11.3 Å². The number of hydrogen-bond donors (Lipinski definition) is 4. The van der Waals surface area contributed by atoms with Crippen molar-refractivity contribution < 1.29 is 18.7 Å². The number of halogens is 2. The number of amides is 1. The second-order valence-corrected chi connectivity index (χ2v) is 9.69. The fourth-order valence-corrected chi connectivity index (χ4v) is 4.43. The topological polar surface area (TPSA) is 99.2 Å². The van der Waals surface area contributed by atoms with E-state index in [0.717, 1.165) is 22.3 Å². The van der Waals surface area contributed by atoms with Crippen LogP contribution in [0.3, 0.4) is 0 Å². The van der Waals surface area contributed by atoms with Gasteiger partial charge in [0.15, 0.2) is 0 Å². The molecule has 1 amide bonds. The van der Waals surface area contributed by atoms with Crippen molar-refractivity contribution in [2.75, 3.05) is 17.2 Å². The molecule has 0 saturated heterocycles. The van der Waals surface area contributed by atoms with E-state index >= 15 is 0 Å². The van der Waals surface area contributed by atoms with Crippen LogP contribution in [0.15, 0.2) is 36.0 Å². The molecule has 1 aliphatic carbocycles. The molecule has 2 heterocycles. The lowest BCUT2D eigenvalue weighted by Crippen LogP contribution is -2.42. The lowest BCUT2D eigenvalue weighted by Gasteiger charge is -2.23. The molecule has 1 aliphatic rings. The number of carbonyl (C=O) groups excluding carboxylic acids is 1. The summed E-state index contributed by atoms with van der Waals surface area (Å²) < 4.78 is 29.4. The normalized spacial score (nSPS) is 19.4. The summed E-state index contributed by atoms with van der Waals surface area (Å²) >= 11 is 1.53. The van der Waals surface area contributed by atoms with Crippen LogP contribution in [0.25, 0.3) is 10.2 Å². The predicted octanol–water partition coefficient (Wildman–Crippen LogP) is 4.58. The minimum Gasteiger partial charge on any atom is -0.387 e. The van der Waals surface area contributed by atoms with Gasteiger partial charge in [0, 0.05) is 18.0 Å². The molecule has 10 heteroatoms. The van der Waals surface area contributed by atoms with Gasteiger partial charge in [-0.05, 0) is 51.3 Å². The second kappa shape index (κ2) is 9.56. The molecule has 33 heavy (non-hydrogen) atoms. The zero-order chi connectivity index (χ0) is 23.6. The van der Waals surface area contributed by atoms with E-state index in [1.807, 2.05) is 18.2 Å². The molecule has 176 valence electrons. The number of benzene rings is 1. The Morgan fingerprint density at radius 1 is 1.30 bits per heavy atom. The van der Waals surface area contributed by atoms with Gasteiger partial charge in [-0.2, -0.15) is 0 Å². The third-order valence-electron chi connectivity index (χ3n) is 5.73. The SMILES string of the molecule is CC(C)(O)C(F)CNC(=O)c1cnc(Nc2ccc3ncsc3c2)cc1NC1CCCC1F. The highest BCUT2D eigenvalue weighted by molar-refractivity contribution is 7.16. The van der Waals surface area contributed by atoms with Crippen LogP contribution in [0.2, 0.25) is 0 Å². The molecule has 1 fully saturated rings. The molecule has 0 radical (unpaired) electrons. The van der Waals surface area contributed by atoms with Crippen molar-refractivity contribution in [1.82, 2.24) is 15.3 Å². The van der Waals surface area contributed by atoms with Gasteiger partial charge in [0.1, 0.15) is 18.2 Å². The zero-order valence-electron chi connectivity index (χ0n) is 18.4. The summed E-state index contributed by atoms with van der Waals surface area (Å²) in [5.41, 5.74) is 2.50. The van der Waals surface area contributed by atoms with Crippen molar-refractivity contribution in [3.8, 4) is 0 Å². The van der Waals surface area contributed by atoms with Gasteiger partial charge in [-0.25, -0.2) is 18.7 Å². The quantitative estimate of drug-likeness (QED) is 0.381. The predicted molar refractivity (Wildman–Crippen MR) is 127 cm³/mol. The Morgan fingerprint density at radius 2 is 2.12 bits per heavy atom. The lowest BCUT2D eigenvalue weighted by atomic mass is 10.0. The second-order valence-electron chi connectivity index (χ2n) is 8.80. The van der Waals surface area contributed by atoms with E-state index in [1.165, 1.54) is 31.4 Å². The minimum atomic E-state index is -1.64. The summed E-state index contributed by atoms with van der Waals surface area (Å²) in [4.78, 5) is 21.4. The number of aliphatic hydroxyl groups is 1. The molecule has 1 aromatic carbocycles. The molecular weight excluding hydrogens is 448 g/mol. The number of hydrogen-bond acceptors (Lipinski definition) is 7. The van der Waals surface area contributed by atoms with Gasteiger partial charge in [0.05, 0.1) is 45.2 Å². The summed E-state index contributed by atoms with van der Waals surface area (Å²) in [6, 6.07) is 6.97. The Morgan fingerprint density at radius 3 is 2.85 bits per heavy atom. The number of thiazole rings is 1. The number of aromatic nitrogens is 2. The summed E-state index contributed by atoms with van der Waals surface area (Å²) in [5, 5.41) is 18.6. The Kier molecular flexibility index (Phi) is 6.76. The van der Waals surface area contributed by atoms with Crippen molar-refractivity contribution in [3.05, 3.63) is 41.5 Å². The van der Waals surface area contributed by atoms with Crippen molar-refractivity contribution in [2.24, 2.45) is 0 Å². The van der Waals surface area contributed by atoms with Crippen molar-refractivity contribution in [2.45, 2.75) is 57.1 Å². The fraction of sp³-hybridized carbons (Fsp3) is 0.435. The summed E-state index contributed by atoms with van der Waals surface area (Å²) in [6.07, 6.45) is 0.619. The highest BCUT2D eigenvalue weighted by Crippen LogP contribution is 2.30. The maximum atomic E-state index is 14.3. The molecule has 2 aromatic heterocycles. The van der Waals surface area contributed by atoms with Gasteiger partial charge in [0.25, 0.3) is 5.91 Å². The van der Waals surface area contributed by atoms with Crippen molar-refractivity contribution >= 4 is 44.7 Å². The number of anilines is 3. The molecule has 1 saturated carbocycles. The molecular formula is C23H27F2N5O2S. The number of alkyl halides is 2. The molecule has 4 N–H and O–H groups in total. The molecule has 0 bridgehead atoms. The van der Waals surface area contributed by atoms with Crippen LogP contribution in [0.4, 0.5) is 26.0 Å². The van der Waals surface area contributed by atoms with Crippen LogP contribution in [0.1, 0.15) is 43.5 Å². The standard InChI is InChI=1S/C23H27F2N5O2S/c1-23(2,32)20(25)11-27-22(31)14-10-26-21(9-18(14)30-16-5-3-4-15(16)24)29-13-6-7-17-19(8-13)33-12-28-17/h6-10,12,15-16,20,32H,3-5,11H2,1-2H3,(H,27,31)(H2,26,29,30). The van der Waals surface area contributed by atoms with Crippen molar-refractivity contribution in [1.29, 1.82) is 0 Å². The number of pyridine rings is 1. The molecule has 3 unspecified atom stereocenters. The third kappa shape index (κ3) is 5.56. The van der Waals surface area contributed by atoms with E-state index in [-0.39, 0.29) is 12.1 Å². The van der Waals surface area contributed by atoms with Crippen molar-refractivity contribution in [3.63, 3.8) is 0 Å². The number of nitrogens with zero attached hydrogens (tertiary/aromatic N) is 2. The van der Waals surface area contributed by atoms with E-state index in [9.17, 15) is 18.7 Å². The van der Waals surface area contributed by atoms with Crippen LogP contribution < -0.4 is 16.0 Å². The summed E-state index contributed by atoms with van der Waals surface area (Å²) in [5.74, 6) is -0.0749. The average molecular weight is 476 g/mol. The highest BCUT2D eigenvalue weighted by Gasteiger charge is 2.29. The zero-order valence-corrected chi connectivity index (χ0v) is 19.3. The minimum absolute atomic E-state index is 0.181. The first-order valence-electron chi connectivity index (χ1n) is 10.9. The van der Waals surface area contributed by atoms with Gasteiger partial charge in [0.2, 0.25) is 0 Å². The van der Waals surface area contributed by atoms with Crippen LogP contribution in [-0.4, -0.2) is 51.5 Å². The molecule has 3 aromatic rings. The van der Waals surface area contributed by atoms with Crippen LogP contribution in [-0.2, 0) is 0 Å². The molecule has 0 spiro atoms. The maximum Gasteiger partial charge on any atom is 0.255 e. The first-order chi connectivity index (χ1) is 15.7. The van der Waals surface area contributed by atoms with Crippen LogP contribution >= 0.6 is 11.3 Å². The number of fused-ring (bicyclic) bond motifs is 1. The van der Waals surface area contributed by atoms with E-state index in [0.29, 0.717) is 24.3 Å². The van der Waals surface area contributed by atoms with Gasteiger partial charge < -0.3 is 21.1 Å². The summed E-state index contributed by atoms with van der Waals surface area (Å²) in [6.45, 7) is 2.32. The monoisotopic (exact) mass is 475 g/mol. The van der Waals surface area contributed by atoms with Crippen LogP contribution in [0, 0.1) is 0 Å². The van der Waals surface area contributed by atoms with Gasteiger partial charge in [-0.1, -0.05) is 0 Å². The smallest absolute Gasteiger partial charge is 0.255 e. The Labute approximate surface area is 194 Å². The molecule has 7 nitrogen and oxygen atoms in total. The molecule has 3 atom stereocenters. The number of carbonyl (C=O) groups is 1. The van der Waals surface area contributed by atoms with Gasteiger partial charge >= 0.3 is 0 Å². The Balaban J connectivity index is 1.56.